The predicted octanol–water partition coefficient (Wildman–Crippen LogP) is 4.34. The molecule has 1 aromatic carbocycles. The first-order valence-corrected chi connectivity index (χ1v) is 6.13. The molecular formula is C13H14BrN. The zero-order valence-electron chi connectivity index (χ0n) is 8.83. The average Bonchev–Trinajstić information content (AvgIpc) is 2.27. The molecule has 15 heavy (non-hydrogen) atoms. The number of halogens is 1. The number of aromatic nitrogens is 1. The molecule has 0 saturated heterocycles. The first kappa shape index (κ1) is 10.6. The summed E-state index contributed by atoms with van der Waals surface area (Å²) in [6.07, 6.45) is 5.49. The number of hydrogen-bond donors (Lipinski definition) is 0. The number of pyridine rings is 1. The summed E-state index contributed by atoms with van der Waals surface area (Å²) in [5.74, 6) is 0. The van der Waals surface area contributed by atoms with E-state index in [-0.39, 0.29) is 0 Å². The van der Waals surface area contributed by atoms with Crippen molar-refractivity contribution < 1.29 is 0 Å². The zero-order valence-corrected chi connectivity index (χ0v) is 10.4. The number of hydrogen-bond acceptors (Lipinski definition) is 1. The van der Waals surface area contributed by atoms with Gasteiger partial charge in [0, 0.05) is 16.1 Å². The molecular weight excluding hydrogens is 250 g/mol. The lowest BCUT2D eigenvalue weighted by Gasteiger charge is -2.03. The van der Waals surface area contributed by atoms with Crippen molar-refractivity contribution in [3.63, 3.8) is 0 Å². The summed E-state index contributed by atoms with van der Waals surface area (Å²) in [5, 5.41) is 1.21. The molecule has 0 amide bonds. The van der Waals surface area contributed by atoms with Crippen molar-refractivity contribution in [3.05, 3.63) is 40.5 Å². The van der Waals surface area contributed by atoms with Gasteiger partial charge in [-0.05, 0) is 36.6 Å². The number of fused-ring (bicyclic) bond motifs is 1. The third-order valence-corrected chi connectivity index (χ3v) is 3.26. The quantitative estimate of drug-likeness (QED) is 0.803. The Labute approximate surface area is 98.7 Å². The minimum atomic E-state index is 1.06. The molecule has 1 heterocycles. The molecule has 2 rings (SSSR count). The maximum absolute atomic E-state index is 4.33. The van der Waals surface area contributed by atoms with Crippen LogP contribution in [0.5, 0.6) is 0 Å². The van der Waals surface area contributed by atoms with E-state index in [0.717, 1.165) is 16.4 Å². The van der Waals surface area contributed by atoms with E-state index < -0.39 is 0 Å². The molecule has 0 aliphatic heterocycles. The van der Waals surface area contributed by atoms with Crippen molar-refractivity contribution in [1.29, 1.82) is 0 Å². The van der Waals surface area contributed by atoms with Crippen LogP contribution in [0.2, 0.25) is 0 Å². The third kappa shape index (κ3) is 2.37. The summed E-state index contributed by atoms with van der Waals surface area (Å²) in [6.45, 7) is 2.22. The highest BCUT2D eigenvalue weighted by molar-refractivity contribution is 9.10. The topological polar surface area (TPSA) is 12.9 Å². The van der Waals surface area contributed by atoms with E-state index in [2.05, 4.69) is 46.0 Å². The highest BCUT2D eigenvalue weighted by atomic mass is 79.9. The summed E-state index contributed by atoms with van der Waals surface area (Å²) in [5.41, 5.74) is 2.46. The second kappa shape index (κ2) is 4.75. The molecule has 0 N–H and O–H groups in total. The van der Waals surface area contributed by atoms with E-state index in [1.54, 1.807) is 0 Å². The second-order valence-corrected chi connectivity index (χ2v) is 4.60. The fraction of sp³-hybridized carbons (Fsp3) is 0.308. The van der Waals surface area contributed by atoms with Gasteiger partial charge in [0.2, 0.25) is 0 Å². The monoisotopic (exact) mass is 263 g/mol. The molecule has 0 bridgehead atoms. The van der Waals surface area contributed by atoms with Gasteiger partial charge in [0.15, 0.2) is 0 Å². The Bertz CT molecular complexity index is 465. The SMILES string of the molecule is CCCCc1ccc2nccc(Br)c2c1. The van der Waals surface area contributed by atoms with E-state index in [9.17, 15) is 0 Å². The van der Waals surface area contributed by atoms with Gasteiger partial charge >= 0.3 is 0 Å². The molecule has 0 radical (unpaired) electrons. The normalized spacial score (nSPS) is 10.8. The smallest absolute Gasteiger partial charge is 0.0713 e. The molecule has 1 aromatic heterocycles. The van der Waals surface area contributed by atoms with Crippen LogP contribution in [0.3, 0.4) is 0 Å². The Morgan fingerprint density at radius 2 is 2.13 bits per heavy atom. The van der Waals surface area contributed by atoms with Crippen molar-refractivity contribution in [2.45, 2.75) is 26.2 Å². The van der Waals surface area contributed by atoms with Gasteiger partial charge in [0.05, 0.1) is 5.52 Å². The standard InChI is InChI=1S/C13H14BrN/c1-2-3-4-10-5-6-13-11(9-10)12(14)7-8-15-13/h5-9H,2-4H2,1H3. The Kier molecular flexibility index (Phi) is 3.37. The Morgan fingerprint density at radius 1 is 1.27 bits per heavy atom. The number of benzene rings is 1. The molecule has 78 valence electrons. The van der Waals surface area contributed by atoms with Crippen LogP contribution in [-0.4, -0.2) is 4.98 Å². The molecule has 0 aliphatic carbocycles. The zero-order chi connectivity index (χ0) is 10.7. The van der Waals surface area contributed by atoms with Crippen molar-refractivity contribution in [2.24, 2.45) is 0 Å². The first-order valence-electron chi connectivity index (χ1n) is 5.34. The molecule has 2 aromatic rings. The molecule has 0 fully saturated rings. The number of aryl methyl sites for hydroxylation is 1. The van der Waals surface area contributed by atoms with Crippen LogP contribution in [0.25, 0.3) is 10.9 Å². The van der Waals surface area contributed by atoms with E-state index in [4.69, 9.17) is 0 Å². The van der Waals surface area contributed by atoms with Gasteiger partial charge in [-0.1, -0.05) is 35.3 Å². The summed E-state index contributed by atoms with van der Waals surface area (Å²) in [7, 11) is 0. The van der Waals surface area contributed by atoms with E-state index in [0.29, 0.717) is 0 Å². The molecule has 0 unspecified atom stereocenters. The number of rotatable bonds is 3. The summed E-state index contributed by atoms with van der Waals surface area (Å²) in [6, 6.07) is 8.51. The molecule has 0 saturated carbocycles. The van der Waals surface area contributed by atoms with Gasteiger partial charge in [0.1, 0.15) is 0 Å². The molecule has 0 spiro atoms. The maximum Gasteiger partial charge on any atom is 0.0713 e. The Balaban J connectivity index is 2.41. The fourth-order valence-electron chi connectivity index (χ4n) is 1.70. The number of unbranched alkanes of at least 4 members (excludes halogenated alkanes) is 1. The lowest BCUT2D eigenvalue weighted by Crippen LogP contribution is -1.86. The van der Waals surface area contributed by atoms with Crippen molar-refractivity contribution >= 4 is 26.8 Å². The fourth-order valence-corrected chi connectivity index (χ4v) is 2.13. The van der Waals surface area contributed by atoms with Crippen LogP contribution < -0.4 is 0 Å². The average molecular weight is 264 g/mol. The van der Waals surface area contributed by atoms with Crippen molar-refractivity contribution in [1.82, 2.24) is 4.98 Å². The largest absolute Gasteiger partial charge is 0.256 e. The van der Waals surface area contributed by atoms with Crippen molar-refractivity contribution in [3.8, 4) is 0 Å². The van der Waals surface area contributed by atoms with Crippen LogP contribution >= 0.6 is 15.9 Å². The van der Waals surface area contributed by atoms with E-state index in [1.165, 1.54) is 23.8 Å². The van der Waals surface area contributed by atoms with Gasteiger partial charge in [-0.25, -0.2) is 0 Å². The van der Waals surface area contributed by atoms with E-state index in [1.807, 2.05) is 12.3 Å². The van der Waals surface area contributed by atoms with Gasteiger partial charge < -0.3 is 0 Å². The molecule has 2 heteroatoms. The third-order valence-electron chi connectivity index (χ3n) is 2.57. The van der Waals surface area contributed by atoms with Gasteiger partial charge in [-0.15, -0.1) is 0 Å². The second-order valence-electron chi connectivity index (χ2n) is 3.75. The molecule has 0 atom stereocenters. The van der Waals surface area contributed by atoms with Crippen LogP contribution in [0, 0.1) is 0 Å². The predicted molar refractivity (Wildman–Crippen MR) is 68.1 cm³/mol. The lowest BCUT2D eigenvalue weighted by atomic mass is 10.1. The van der Waals surface area contributed by atoms with Crippen LogP contribution in [0.1, 0.15) is 25.3 Å². The number of nitrogens with zero attached hydrogens (tertiary/aromatic N) is 1. The highest BCUT2D eigenvalue weighted by Crippen LogP contribution is 2.23. The van der Waals surface area contributed by atoms with E-state index >= 15 is 0 Å². The highest BCUT2D eigenvalue weighted by Gasteiger charge is 2.00. The Morgan fingerprint density at radius 3 is 2.93 bits per heavy atom. The van der Waals surface area contributed by atoms with Crippen LogP contribution in [-0.2, 0) is 6.42 Å². The molecule has 0 aliphatic rings. The maximum atomic E-state index is 4.33. The first-order chi connectivity index (χ1) is 7.31. The Hall–Kier alpha value is -0.890. The summed E-state index contributed by atoms with van der Waals surface area (Å²) < 4.78 is 1.13. The van der Waals surface area contributed by atoms with Crippen LogP contribution in [0.4, 0.5) is 0 Å². The van der Waals surface area contributed by atoms with Crippen LogP contribution in [0.15, 0.2) is 34.9 Å². The van der Waals surface area contributed by atoms with Gasteiger partial charge in [-0.3, -0.25) is 4.98 Å². The summed E-state index contributed by atoms with van der Waals surface area (Å²) >= 11 is 3.56. The molecule has 1 nitrogen and oxygen atoms in total. The van der Waals surface area contributed by atoms with Crippen molar-refractivity contribution in [2.75, 3.05) is 0 Å². The van der Waals surface area contributed by atoms with Gasteiger partial charge in [-0.2, -0.15) is 0 Å². The summed E-state index contributed by atoms with van der Waals surface area (Å²) in [4.78, 5) is 4.33. The lowest BCUT2D eigenvalue weighted by molar-refractivity contribution is 0.796. The van der Waals surface area contributed by atoms with Gasteiger partial charge in [0.25, 0.3) is 0 Å². The minimum absolute atomic E-state index is 1.06. The minimum Gasteiger partial charge on any atom is -0.256 e.